The average Bonchev–Trinajstić information content (AvgIpc) is 2.15. The minimum absolute atomic E-state index is 0.0352. The van der Waals surface area contributed by atoms with Crippen molar-refractivity contribution in [2.45, 2.75) is 13.1 Å². The molecule has 1 rings (SSSR count). The highest BCUT2D eigenvalue weighted by molar-refractivity contribution is 5.98. The van der Waals surface area contributed by atoms with Crippen molar-refractivity contribution in [3.05, 3.63) is 23.3 Å². The van der Waals surface area contributed by atoms with Gasteiger partial charge >= 0.3 is 6.18 Å². The molecule has 0 unspecified atom stereocenters. The molecule has 16 heavy (non-hydrogen) atoms. The summed E-state index contributed by atoms with van der Waals surface area (Å²) in [5.41, 5.74) is 3.78. The highest BCUT2D eigenvalue weighted by Crippen LogP contribution is 2.37. The van der Waals surface area contributed by atoms with E-state index < -0.39 is 23.2 Å². The first-order valence-electron chi connectivity index (χ1n) is 4.33. The number of alkyl halides is 3. The summed E-state index contributed by atoms with van der Waals surface area (Å²) in [6, 6.07) is 1.70. The third-order valence-electron chi connectivity index (χ3n) is 2.06. The summed E-state index contributed by atoms with van der Waals surface area (Å²) in [5, 5.41) is 0. The molecule has 0 saturated heterocycles. The number of Topliss-reactive ketones (excluding diaryl/α,β-unsaturated/α-hetero) is 1. The number of nitrogens with two attached hydrogens (primary N) is 1. The van der Waals surface area contributed by atoms with Crippen molar-refractivity contribution in [3.63, 3.8) is 0 Å². The highest BCUT2D eigenvalue weighted by atomic mass is 19.4. The van der Waals surface area contributed by atoms with E-state index in [0.717, 1.165) is 12.1 Å². The van der Waals surface area contributed by atoms with E-state index in [4.69, 9.17) is 10.5 Å². The van der Waals surface area contributed by atoms with Crippen LogP contribution in [0.1, 0.15) is 22.8 Å². The van der Waals surface area contributed by atoms with Gasteiger partial charge in [-0.2, -0.15) is 13.2 Å². The number of carbonyl (C=O) groups excluding carboxylic acids is 1. The Hall–Kier alpha value is -1.72. The molecule has 6 heteroatoms. The number of benzene rings is 1. The summed E-state index contributed by atoms with van der Waals surface area (Å²) in [5.74, 6) is -0.536. The second kappa shape index (κ2) is 4.03. The lowest BCUT2D eigenvalue weighted by atomic mass is 10.0. The molecule has 0 fully saturated rings. The zero-order valence-electron chi connectivity index (χ0n) is 8.68. The molecule has 88 valence electrons. The van der Waals surface area contributed by atoms with Gasteiger partial charge in [-0.15, -0.1) is 0 Å². The van der Waals surface area contributed by atoms with Crippen LogP contribution in [0.15, 0.2) is 12.1 Å². The van der Waals surface area contributed by atoms with Crippen LogP contribution in [0.2, 0.25) is 0 Å². The SMILES string of the molecule is COc1cc(C(F)(F)F)c(N)cc1C(C)=O. The third-order valence-corrected chi connectivity index (χ3v) is 2.06. The fourth-order valence-electron chi connectivity index (χ4n) is 1.29. The Balaban J connectivity index is 3.43. The number of hydrogen-bond acceptors (Lipinski definition) is 3. The van der Waals surface area contributed by atoms with Crippen LogP contribution in [0.3, 0.4) is 0 Å². The normalized spacial score (nSPS) is 11.3. The van der Waals surface area contributed by atoms with Crippen molar-refractivity contribution in [2.75, 3.05) is 12.8 Å². The smallest absolute Gasteiger partial charge is 0.418 e. The molecule has 0 aromatic heterocycles. The van der Waals surface area contributed by atoms with E-state index in [-0.39, 0.29) is 11.3 Å². The van der Waals surface area contributed by atoms with Gasteiger partial charge in [0.05, 0.1) is 18.2 Å². The summed E-state index contributed by atoms with van der Waals surface area (Å²) in [6.07, 6.45) is -4.56. The lowest BCUT2D eigenvalue weighted by Gasteiger charge is -2.13. The Morgan fingerprint density at radius 2 is 1.94 bits per heavy atom. The topological polar surface area (TPSA) is 52.3 Å². The zero-order chi connectivity index (χ0) is 12.5. The van der Waals surface area contributed by atoms with Crippen molar-refractivity contribution >= 4 is 11.5 Å². The molecule has 1 aromatic rings. The van der Waals surface area contributed by atoms with E-state index >= 15 is 0 Å². The Kier molecular flexibility index (Phi) is 3.11. The maximum absolute atomic E-state index is 12.5. The number of anilines is 1. The highest BCUT2D eigenvalue weighted by Gasteiger charge is 2.34. The van der Waals surface area contributed by atoms with Gasteiger partial charge in [-0.3, -0.25) is 4.79 Å². The van der Waals surface area contributed by atoms with Gasteiger partial charge in [-0.25, -0.2) is 0 Å². The molecular weight excluding hydrogens is 223 g/mol. The van der Waals surface area contributed by atoms with E-state index in [2.05, 4.69) is 0 Å². The van der Waals surface area contributed by atoms with Gasteiger partial charge in [0.2, 0.25) is 0 Å². The Morgan fingerprint density at radius 1 is 1.38 bits per heavy atom. The van der Waals surface area contributed by atoms with Gasteiger partial charge in [-0.1, -0.05) is 0 Å². The van der Waals surface area contributed by atoms with Gasteiger partial charge in [0.25, 0.3) is 0 Å². The zero-order valence-corrected chi connectivity index (χ0v) is 8.68. The first-order valence-corrected chi connectivity index (χ1v) is 4.33. The van der Waals surface area contributed by atoms with Gasteiger partial charge in [0.1, 0.15) is 5.75 Å². The molecule has 0 aliphatic carbocycles. The fraction of sp³-hybridized carbons (Fsp3) is 0.300. The first kappa shape index (κ1) is 12.4. The lowest BCUT2D eigenvalue weighted by molar-refractivity contribution is -0.137. The van der Waals surface area contributed by atoms with Gasteiger partial charge < -0.3 is 10.5 Å². The molecule has 0 heterocycles. The van der Waals surface area contributed by atoms with Crippen LogP contribution in [0.5, 0.6) is 5.75 Å². The molecule has 0 atom stereocenters. The summed E-state index contributed by atoms with van der Waals surface area (Å²) in [4.78, 5) is 11.1. The van der Waals surface area contributed by atoms with Gasteiger partial charge in [-0.05, 0) is 19.1 Å². The second-order valence-electron chi connectivity index (χ2n) is 3.19. The minimum Gasteiger partial charge on any atom is -0.496 e. The molecule has 0 amide bonds. The predicted molar refractivity (Wildman–Crippen MR) is 52.4 cm³/mol. The van der Waals surface area contributed by atoms with Crippen LogP contribution < -0.4 is 10.5 Å². The van der Waals surface area contributed by atoms with Crippen molar-refractivity contribution in [2.24, 2.45) is 0 Å². The maximum Gasteiger partial charge on any atom is 0.418 e. The number of rotatable bonds is 2. The van der Waals surface area contributed by atoms with Crippen molar-refractivity contribution in [1.29, 1.82) is 0 Å². The molecule has 0 spiro atoms. The van der Waals surface area contributed by atoms with Crippen LogP contribution in [0, 0.1) is 0 Å². The van der Waals surface area contributed by atoms with Crippen LogP contribution in [0.4, 0.5) is 18.9 Å². The summed E-state index contributed by atoms with van der Waals surface area (Å²) in [7, 11) is 1.19. The van der Waals surface area contributed by atoms with Crippen molar-refractivity contribution in [1.82, 2.24) is 0 Å². The minimum atomic E-state index is -4.56. The first-order chi connectivity index (χ1) is 7.27. The lowest BCUT2D eigenvalue weighted by Crippen LogP contribution is -2.11. The number of methoxy groups -OCH3 is 1. The fourth-order valence-corrected chi connectivity index (χ4v) is 1.29. The second-order valence-corrected chi connectivity index (χ2v) is 3.19. The number of hydrogen-bond donors (Lipinski definition) is 1. The van der Waals surface area contributed by atoms with Gasteiger partial charge in [0, 0.05) is 5.69 Å². The molecule has 0 aliphatic rings. The van der Waals surface area contributed by atoms with Gasteiger partial charge in [0.15, 0.2) is 5.78 Å². The van der Waals surface area contributed by atoms with E-state index in [9.17, 15) is 18.0 Å². The van der Waals surface area contributed by atoms with Crippen molar-refractivity contribution < 1.29 is 22.7 Å². The van der Waals surface area contributed by atoms with Crippen LogP contribution in [0.25, 0.3) is 0 Å². The van der Waals surface area contributed by atoms with Crippen LogP contribution in [-0.4, -0.2) is 12.9 Å². The standard InChI is InChI=1S/C10H10F3NO2/c1-5(15)6-3-8(14)7(10(11,12)13)4-9(6)16-2/h3-4H,14H2,1-2H3. The molecule has 0 saturated carbocycles. The summed E-state index contributed by atoms with van der Waals surface area (Å²) < 4.78 is 42.2. The van der Waals surface area contributed by atoms with Crippen LogP contribution in [-0.2, 0) is 6.18 Å². The maximum atomic E-state index is 12.5. The quantitative estimate of drug-likeness (QED) is 0.630. The molecular formula is C10H10F3NO2. The number of ether oxygens (including phenoxy) is 1. The number of nitrogen functional groups attached to an aromatic ring is 1. The summed E-state index contributed by atoms with van der Waals surface area (Å²) >= 11 is 0. The largest absolute Gasteiger partial charge is 0.496 e. The Bertz CT molecular complexity index is 427. The van der Waals surface area contributed by atoms with Crippen molar-refractivity contribution in [3.8, 4) is 5.75 Å². The number of carbonyl (C=O) groups is 1. The molecule has 0 aliphatic heterocycles. The molecule has 0 radical (unpaired) electrons. The third kappa shape index (κ3) is 2.26. The number of ketones is 1. The molecule has 2 N–H and O–H groups in total. The number of halogens is 3. The Morgan fingerprint density at radius 3 is 2.31 bits per heavy atom. The van der Waals surface area contributed by atoms with E-state index in [0.29, 0.717) is 0 Å². The monoisotopic (exact) mass is 233 g/mol. The summed E-state index contributed by atoms with van der Waals surface area (Å²) in [6.45, 7) is 1.23. The molecule has 3 nitrogen and oxygen atoms in total. The molecule has 1 aromatic carbocycles. The van der Waals surface area contributed by atoms with E-state index in [1.54, 1.807) is 0 Å². The Labute approximate surface area is 90.0 Å². The predicted octanol–water partition coefficient (Wildman–Crippen LogP) is 2.50. The van der Waals surface area contributed by atoms with Crippen LogP contribution >= 0.6 is 0 Å². The molecule has 0 bridgehead atoms. The van der Waals surface area contributed by atoms with E-state index in [1.807, 2.05) is 0 Å². The van der Waals surface area contributed by atoms with E-state index in [1.165, 1.54) is 14.0 Å². The average molecular weight is 233 g/mol.